The van der Waals surface area contributed by atoms with Crippen LogP contribution < -0.4 is 10.6 Å². The first kappa shape index (κ1) is 12.9. The van der Waals surface area contributed by atoms with Gasteiger partial charge in [-0.1, -0.05) is 12.8 Å². The summed E-state index contributed by atoms with van der Waals surface area (Å²) in [4.78, 5) is 6.32. The zero-order valence-electron chi connectivity index (χ0n) is 11.4. The highest BCUT2D eigenvalue weighted by atomic mass is 19.1. The maximum atomic E-state index is 14.2. The number of hydrogen-bond acceptors (Lipinski definition) is 3. The van der Waals surface area contributed by atoms with Gasteiger partial charge in [0.25, 0.3) is 0 Å². The van der Waals surface area contributed by atoms with Crippen molar-refractivity contribution in [2.45, 2.75) is 45.1 Å². The molecule has 2 fully saturated rings. The van der Waals surface area contributed by atoms with Crippen LogP contribution >= 0.6 is 0 Å². The number of anilines is 1. The van der Waals surface area contributed by atoms with Gasteiger partial charge in [0, 0.05) is 31.4 Å². The molecular weight excluding hydrogens is 241 g/mol. The van der Waals surface area contributed by atoms with Crippen LogP contribution in [0.15, 0.2) is 12.3 Å². The van der Waals surface area contributed by atoms with Crippen LogP contribution in [0.4, 0.5) is 10.2 Å². The van der Waals surface area contributed by atoms with Gasteiger partial charge in [-0.3, -0.25) is 0 Å². The number of piperidine rings is 1. The van der Waals surface area contributed by atoms with Crippen molar-refractivity contribution in [1.82, 2.24) is 4.98 Å². The number of nitrogens with zero attached hydrogens (tertiary/aromatic N) is 2. The van der Waals surface area contributed by atoms with E-state index in [0.29, 0.717) is 16.8 Å². The second-order valence-corrected chi connectivity index (χ2v) is 6.01. The van der Waals surface area contributed by atoms with Crippen molar-refractivity contribution >= 4 is 5.82 Å². The minimum absolute atomic E-state index is 0.229. The number of rotatable bonds is 2. The van der Waals surface area contributed by atoms with Gasteiger partial charge >= 0.3 is 0 Å². The fourth-order valence-corrected chi connectivity index (χ4v) is 3.67. The third-order valence-electron chi connectivity index (χ3n) is 4.96. The molecule has 0 radical (unpaired) electrons. The lowest BCUT2D eigenvalue weighted by Crippen LogP contribution is -2.39. The van der Waals surface area contributed by atoms with Gasteiger partial charge in [0.15, 0.2) is 11.6 Å². The highest BCUT2D eigenvalue weighted by Gasteiger charge is 2.37. The number of halogens is 1. The van der Waals surface area contributed by atoms with Crippen molar-refractivity contribution in [3.63, 3.8) is 0 Å². The number of aromatic nitrogens is 1. The van der Waals surface area contributed by atoms with E-state index >= 15 is 0 Å². The first-order valence-electron chi connectivity index (χ1n) is 7.32. The Balaban J connectivity index is 1.74. The van der Waals surface area contributed by atoms with Gasteiger partial charge in [-0.25, -0.2) is 9.37 Å². The van der Waals surface area contributed by atoms with Crippen molar-refractivity contribution in [3.8, 4) is 0 Å². The van der Waals surface area contributed by atoms with E-state index in [0.717, 1.165) is 13.1 Å². The molecule has 3 rings (SSSR count). The van der Waals surface area contributed by atoms with E-state index in [1.54, 1.807) is 12.3 Å². The van der Waals surface area contributed by atoms with Crippen LogP contribution in [-0.2, 0) is 6.54 Å². The zero-order chi connectivity index (χ0) is 13.3. The van der Waals surface area contributed by atoms with Crippen molar-refractivity contribution in [1.29, 1.82) is 0 Å². The van der Waals surface area contributed by atoms with Gasteiger partial charge in [-0.15, -0.1) is 0 Å². The van der Waals surface area contributed by atoms with Gasteiger partial charge in [0.1, 0.15) is 0 Å². The molecule has 1 aliphatic heterocycles. The van der Waals surface area contributed by atoms with E-state index in [-0.39, 0.29) is 12.4 Å². The van der Waals surface area contributed by atoms with E-state index in [9.17, 15) is 4.39 Å². The summed E-state index contributed by atoms with van der Waals surface area (Å²) in [5, 5.41) is 0. The Morgan fingerprint density at radius 1 is 1.21 bits per heavy atom. The maximum Gasteiger partial charge on any atom is 0.170 e. The molecule has 1 aliphatic carbocycles. The van der Waals surface area contributed by atoms with Crippen LogP contribution in [0.3, 0.4) is 0 Å². The van der Waals surface area contributed by atoms with Crippen LogP contribution in [-0.4, -0.2) is 18.1 Å². The molecule has 0 amide bonds. The summed E-state index contributed by atoms with van der Waals surface area (Å²) in [5.41, 5.74) is 6.67. The molecule has 0 unspecified atom stereocenters. The molecule has 19 heavy (non-hydrogen) atoms. The molecule has 2 aliphatic rings. The smallest absolute Gasteiger partial charge is 0.170 e. The SMILES string of the molecule is NCc1ccnc(N2CCC3(CCCC3)CC2)c1F. The minimum atomic E-state index is -0.229. The van der Waals surface area contributed by atoms with Gasteiger partial charge < -0.3 is 10.6 Å². The summed E-state index contributed by atoms with van der Waals surface area (Å²) in [6.07, 6.45) is 9.49. The van der Waals surface area contributed by atoms with E-state index in [4.69, 9.17) is 5.73 Å². The largest absolute Gasteiger partial charge is 0.354 e. The summed E-state index contributed by atoms with van der Waals surface area (Å²) in [5.74, 6) is 0.267. The molecule has 1 spiro atoms. The molecule has 1 saturated heterocycles. The van der Waals surface area contributed by atoms with Crippen molar-refractivity contribution < 1.29 is 4.39 Å². The molecule has 1 aromatic heterocycles. The van der Waals surface area contributed by atoms with E-state index in [1.165, 1.54) is 38.5 Å². The molecule has 2 heterocycles. The van der Waals surface area contributed by atoms with Crippen LogP contribution in [0.1, 0.15) is 44.1 Å². The monoisotopic (exact) mass is 263 g/mol. The average molecular weight is 263 g/mol. The summed E-state index contributed by atoms with van der Waals surface area (Å²) in [6, 6.07) is 1.67. The number of hydrogen-bond donors (Lipinski definition) is 1. The second kappa shape index (κ2) is 5.08. The molecule has 104 valence electrons. The van der Waals surface area contributed by atoms with Crippen molar-refractivity contribution in [2.75, 3.05) is 18.0 Å². The van der Waals surface area contributed by atoms with Crippen LogP contribution in [0.5, 0.6) is 0 Å². The molecule has 0 aromatic carbocycles. The number of nitrogens with two attached hydrogens (primary N) is 1. The van der Waals surface area contributed by atoms with Gasteiger partial charge in [0.05, 0.1) is 0 Å². The van der Waals surface area contributed by atoms with E-state index in [1.807, 2.05) is 0 Å². The Bertz CT molecular complexity index is 445. The Hall–Kier alpha value is -1.16. The first-order valence-corrected chi connectivity index (χ1v) is 7.32. The summed E-state index contributed by atoms with van der Waals surface area (Å²) < 4.78 is 14.2. The quantitative estimate of drug-likeness (QED) is 0.892. The molecule has 0 bridgehead atoms. The van der Waals surface area contributed by atoms with Gasteiger partial charge in [-0.05, 0) is 37.2 Å². The Morgan fingerprint density at radius 2 is 1.89 bits per heavy atom. The molecule has 1 saturated carbocycles. The highest BCUT2D eigenvalue weighted by Crippen LogP contribution is 2.46. The fourth-order valence-electron chi connectivity index (χ4n) is 3.67. The van der Waals surface area contributed by atoms with Crippen molar-refractivity contribution in [2.24, 2.45) is 11.1 Å². The van der Waals surface area contributed by atoms with Gasteiger partial charge in [-0.2, -0.15) is 0 Å². The molecule has 1 aromatic rings. The third kappa shape index (κ3) is 2.34. The lowest BCUT2D eigenvalue weighted by molar-refractivity contribution is 0.225. The minimum Gasteiger partial charge on any atom is -0.354 e. The lowest BCUT2D eigenvalue weighted by Gasteiger charge is -2.40. The molecule has 4 heteroatoms. The second-order valence-electron chi connectivity index (χ2n) is 6.01. The van der Waals surface area contributed by atoms with Crippen LogP contribution in [0, 0.1) is 11.2 Å². The maximum absolute atomic E-state index is 14.2. The fraction of sp³-hybridized carbons (Fsp3) is 0.667. The predicted molar refractivity (Wildman–Crippen MR) is 74.4 cm³/mol. The standard InChI is InChI=1S/C15H22FN3/c16-13-12(11-17)3-8-18-14(13)19-9-6-15(7-10-19)4-1-2-5-15/h3,8H,1-2,4-7,9-11,17H2. The van der Waals surface area contributed by atoms with E-state index < -0.39 is 0 Å². The first-order chi connectivity index (χ1) is 9.24. The zero-order valence-corrected chi connectivity index (χ0v) is 11.4. The molecule has 2 N–H and O–H groups in total. The Kier molecular flexibility index (Phi) is 3.44. The molecular formula is C15H22FN3. The van der Waals surface area contributed by atoms with Crippen LogP contribution in [0.25, 0.3) is 0 Å². The van der Waals surface area contributed by atoms with Gasteiger partial charge in [0.2, 0.25) is 0 Å². The van der Waals surface area contributed by atoms with Crippen molar-refractivity contribution in [3.05, 3.63) is 23.6 Å². The average Bonchev–Trinajstić information content (AvgIpc) is 2.89. The third-order valence-corrected chi connectivity index (χ3v) is 4.96. The lowest BCUT2D eigenvalue weighted by atomic mass is 9.77. The van der Waals surface area contributed by atoms with E-state index in [2.05, 4.69) is 9.88 Å². The summed E-state index contributed by atoms with van der Waals surface area (Å²) in [7, 11) is 0. The normalized spacial score (nSPS) is 22.1. The summed E-state index contributed by atoms with van der Waals surface area (Å²) in [6.45, 7) is 2.09. The Morgan fingerprint density at radius 3 is 2.53 bits per heavy atom. The molecule has 0 atom stereocenters. The highest BCUT2D eigenvalue weighted by molar-refractivity contribution is 5.43. The predicted octanol–water partition coefficient (Wildman–Crippen LogP) is 2.84. The molecule has 3 nitrogen and oxygen atoms in total. The Labute approximate surface area is 114 Å². The topological polar surface area (TPSA) is 42.1 Å². The van der Waals surface area contributed by atoms with Crippen LogP contribution in [0.2, 0.25) is 0 Å². The summed E-state index contributed by atoms with van der Waals surface area (Å²) >= 11 is 0. The number of pyridine rings is 1.